The number of carbonyl (C=O) groups is 1. The maximum Gasteiger partial charge on any atom is 0.251 e. The molecule has 1 amide bonds. The number of pyridine rings is 1. The number of tetrazole rings is 1. The zero-order valence-corrected chi connectivity index (χ0v) is 12.2. The van der Waals surface area contributed by atoms with Crippen molar-refractivity contribution in [3.05, 3.63) is 34.4 Å². The first-order valence-corrected chi connectivity index (χ1v) is 6.42. The number of hydrogen-bond donors (Lipinski definition) is 2. The molecule has 0 fully saturated rings. The van der Waals surface area contributed by atoms with E-state index in [1.807, 2.05) is 20.8 Å². The standard InChI is InChI=1S/C12H15ClN6O/c1-12(2,3)8-4-7(5-9(13)15-8)11(20)14-6-10-16-18-19-17-10/h4-5H,6H2,1-3H3,(H,14,20)(H,16,17,18,19). The molecule has 0 atom stereocenters. The van der Waals surface area contributed by atoms with Gasteiger partial charge < -0.3 is 5.32 Å². The number of hydrogen-bond acceptors (Lipinski definition) is 5. The number of nitrogens with zero attached hydrogens (tertiary/aromatic N) is 4. The first kappa shape index (κ1) is 14.4. The van der Waals surface area contributed by atoms with Gasteiger partial charge >= 0.3 is 0 Å². The largest absolute Gasteiger partial charge is 0.345 e. The number of amides is 1. The van der Waals surface area contributed by atoms with Gasteiger partial charge in [-0.3, -0.25) is 4.79 Å². The van der Waals surface area contributed by atoms with Crippen LogP contribution in [0.1, 0.15) is 42.6 Å². The fraction of sp³-hybridized carbons (Fsp3) is 0.417. The molecular formula is C12H15ClN6O. The average Bonchev–Trinajstić information content (AvgIpc) is 2.87. The molecule has 0 saturated carbocycles. The van der Waals surface area contributed by atoms with Gasteiger partial charge in [-0.1, -0.05) is 37.6 Å². The molecule has 0 saturated heterocycles. The van der Waals surface area contributed by atoms with Gasteiger partial charge in [0.2, 0.25) is 0 Å². The van der Waals surface area contributed by atoms with Crippen LogP contribution in [0, 0.1) is 0 Å². The zero-order chi connectivity index (χ0) is 14.8. The van der Waals surface area contributed by atoms with Gasteiger partial charge in [0.1, 0.15) is 5.15 Å². The summed E-state index contributed by atoms with van der Waals surface area (Å²) in [7, 11) is 0. The summed E-state index contributed by atoms with van der Waals surface area (Å²) in [5.41, 5.74) is 1.03. The Labute approximate surface area is 121 Å². The van der Waals surface area contributed by atoms with Crippen molar-refractivity contribution >= 4 is 17.5 Å². The van der Waals surface area contributed by atoms with Crippen molar-refractivity contribution in [1.82, 2.24) is 30.9 Å². The number of rotatable bonds is 3. The van der Waals surface area contributed by atoms with Crippen molar-refractivity contribution in [3.63, 3.8) is 0 Å². The summed E-state index contributed by atoms with van der Waals surface area (Å²) in [4.78, 5) is 16.3. The van der Waals surface area contributed by atoms with E-state index in [0.29, 0.717) is 16.5 Å². The van der Waals surface area contributed by atoms with Crippen LogP contribution in [0.2, 0.25) is 5.15 Å². The van der Waals surface area contributed by atoms with Crippen LogP contribution in [0.15, 0.2) is 12.1 Å². The molecule has 0 radical (unpaired) electrons. The van der Waals surface area contributed by atoms with Crippen molar-refractivity contribution in [2.24, 2.45) is 0 Å². The van der Waals surface area contributed by atoms with Gasteiger partial charge in [0, 0.05) is 16.7 Å². The lowest BCUT2D eigenvalue weighted by Crippen LogP contribution is -2.24. The fourth-order valence-electron chi connectivity index (χ4n) is 1.53. The molecule has 2 aromatic heterocycles. The van der Waals surface area contributed by atoms with E-state index in [9.17, 15) is 4.79 Å². The summed E-state index contributed by atoms with van der Waals surface area (Å²) < 4.78 is 0. The van der Waals surface area contributed by atoms with Gasteiger partial charge in [0.15, 0.2) is 5.82 Å². The third-order valence-electron chi connectivity index (χ3n) is 2.62. The van der Waals surface area contributed by atoms with Crippen LogP contribution in [-0.2, 0) is 12.0 Å². The van der Waals surface area contributed by atoms with Gasteiger partial charge in [-0.2, -0.15) is 5.21 Å². The molecule has 20 heavy (non-hydrogen) atoms. The lowest BCUT2D eigenvalue weighted by molar-refractivity contribution is 0.0949. The van der Waals surface area contributed by atoms with Crippen molar-refractivity contribution in [1.29, 1.82) is 0 Å². The quantitative estimate of drug-likeness (QED) is 0.836. The summed E-state index contributed by atoms with van der Waals surface area (Å²) >= 11 is 5.97. The number of aromatic nitrogens is 5. The Morgan fingerprint density at radius 2 is 2.15 bits per heavy atom. The van der Waals surface area contributed by atoms with Crippen LogP contribution in [0.3, 0.4) is 0 Å². The van der Waals surface area contributed by atoms with E-state index in [2.05, 4.69) is 30.9 Å². The normalized spacial score (nSPS) is 11.4. The predicted octanol–water partition coefficient (Wildman–Crippen LogP) is 1.48. The number of H-pyrrole nitrogens is 1. The third kappa shape index (κ3) is 3.51. The van der Waals surface area contributed by atoms with Gasteiger partial charge in [-0.15, -0.1) is 10.2 Å². The minimum Gasteiger partial charge on any atom is -0.345 e. The molecule has 0 aliphatic rings. The Bertz CT molecular complexity index is 605. The number of carbonyl (C=O) groups excluding carboxylic acids is 1. The molecular weight excluding hydrogens is 280 g/mol. The van der Waals surface area contributed by atoms with Crippen LogP contribution >= 0.6 is 11.6 Å². The number of halogens is 1. The Morgan fingerprint density at radius 1 is 1.40 bits per heavy atom. The smallest absolute Gasteiger partial charge is 0.251 e. The van der Waals surface area contributed by atoms with Crippen molar-refractivity contribution in [2.45, 2.75) is 32.7 Å². The second-order valence-corrected chi connectivity index (χ2v) is 5.71. The maximum absolute atomic E-state index is 12.1. The molecule has 0 spiro atoms. The third-order valence-corrected chi connectivity index (χ3v) is 2.81. The molecule has 0 aliphatic heterocycles. The van der Waals surface area contributed by atoms with Crippen molar-refractivity contribution in [2.75, 3.05) is 0 Å². The van der Waals surface area contributed by atoms with E-state index >= 15 is 0 Å². The highest BCUT2D eigenvalue weighted by Crippen LogP contribution is 2.23. The van der Waals surface area contributed by atoms with Crippen LogP contribution in [-0.4, -0.2) is 31.5 Å². The molecule has 0 bridgehead atoms. The maximum atomic E-state index is 12.1. The van der Waals surface area contributed by atoms with Gasteiger partial charge in [-0.05, 0) is 12.1 Å². The fourth-order valence-corrected chi connectivity index (χ4v) is 1.74. The summed E-state index contributed by atoms with van der Waals surface area (Å²) in [6.07, 6.45) is 0. The zero-order valence-electron chi connectivity index (χ0n) is 11.4. The highest BCUT2D eigenvalue weighted by Gasteiger charge is 2.19. The second-order valence-electron chi connectivity index (χ2n) is 5.32. The minimum absolute atomic E-state index is 0.187. The topological polar surface area (TPSA) is 96.5 Å². The Morgan fingerprint density at radius 3 is 2.75 bits per heavy atom. The van der Waals surface area contributed by atoms with E-state index in [0.717, 1.165) is 5.69 Å². The molecule has 7 nitrogen and oxygen atoms in total. The summed E-state index contributed by atoms with van der Waals surface area (Å²) in [6.45, 7) is 6.21. The van der Waals surface area contributed by atoms with Crippen LogP contribution < -0.4 is 5.32 Å². The van der Waals surface area contributed by atoms with Gasteiger partial charge in [0.05, 0.1) is 6.54 Å². The lowest BCUT2D eigenvalue weighted by Gasteiger charge is -2.18. The van der Waals surface area contributed by atoms with Crippen molar-refractivity contribution in [3.8, 4) is 0 Å². The highest BCUT2D eigenvalue weighted by atomic mass is 35.5. The van der Waals surface area contributed by atoms with Crippen LogP contribution in [0.4, 0.5) is 0 Å². The van der Waals surface area contributed by atoms with E-state index < -0.39 is 0 Å². The SMILES string of the molecule is CC(C)(C)c1cc(C(=O)NCc2nn[nH]n2)cc(Cl)n1. The highest BCUT2D eigenvalue weighted by molar-refractivity contribution is 6.29. The van der Waals surface area contributed by atoms with E-state index in [-0.39, 0.29) is 17.9 Å². The molecule has 2 aromatic rings. The first-order valence-electron chi connectivity index (χ1n) is 6.05. The van der Waals surface area contributed by atoms with Crippen LogP contribution in [0.5, 0.6) is 0 Å². The van der Waals surface area contributed by atoms with E-state index in [4.69, 9.17) is 11.6 Å². The Hall–Kier alpha value is -2.02. The molecule has 2 heterocycles. The van der Waals surface area contributed by atoms with Crippen LogP contribution in [0.25, 0.3) is 0 Å². The summed E-state index contributed by atoms with van der Waals surface area (Å²) in [6, 6.07) is 3.26. The summed E-state index contributed by atoms with van der Waals surface area (Å²) in [5.74, 6) is 0.152. The summed E-state index contributed by atoms with van der Waals surface area (Å²) in [5, 5.41) is 16.2. The number of nitrogens with one attached hydrogen (secondary N) is 2. The number of aromatic amines is 1. The molecule has 106 valence electrons. The monoisotopic (exact) mass is 294 g/mol. The Kier molecular flexibility index (Phi) is 3.99. The lowest BCUT2D eigenvalue weighted by atomic mass is 9.91. The first-order chi connectivity index (χ1) is 9.36. The molecule has 2 rings (SSSR count). The van der Waals surface area contributed by atoms with E-state index in [1.54, 1.807) is 6.07 Å². The van der Waals surface area contributed by atoms with Crippen molar-refractivity contribution < 1.29 is 4.79 Å². The molecule has 0 aliphatic carbocycles. The average molecular weight is 295 g/mol. The second kappa shape index (κ2) is 5.54. The van der Waals surface area contributed by atoms with Gasteiger partial charge in [-0.25, -0.2) is 4.98 Å². The molecule has 0 aromatic carbocycles. The van der Waals surface area contributed by atoms with E-state index in [1.165, 1.54) is 6.07 Å². The molecule has 2 N–H and O–H groups in total. The Balaban J connectivity index is 2.15. The predicted molar refractivity (Wildman–Crippen MR) is 73.3 cm³/mol. The molecule has 0 unspecified atom stereocenters. The van der Waals surface area contributed by atoms with Gasteiger partial charge in [0.25, 0.3) is 5.91 Å². The molecule has 8 heteroatoms. The minimum atomic E-state index is -0.260.